The zero-order valence-electron chi connectivity index (χ0n) is 17.4. The molecule has 0 unspecified atom stereocenters. The summed E-state index contributed by atoms with van der Waals surface area (Å²) in [7, 11) is 0. The largest absolute Gasteiger partial charge is 0.506 e. The molecule has 2 aliphatic carbocycles. The molecule has 2 bridgehead atoms. The maximum Gasteiger partial charge on any atom is 0.471 e. The van der Waals surface area contributed by atoms with Crippen LogP contribution in [-0.4, -0.2) is 69.9 Å². The van der Waals surface area contributed by atoms with Gasteiger partial charge in [0, 0.05) is 31.1 Å². The van der Waals surface area contributed by atoms with Crippen molar-refractivity contribution in [3.63, 3.8) is 0 Å². The third-order valence-electron chi connectivity index (χ3n) is 8.10. The first-order valence-electron chi connectivity index (χ1n) is 11.0. The number of phenolic OH excluding ortho intramolecular Hbond substituents is 1. The summed E-state index contributed by atoms with van der Waals surface area (Å²) in [6.07, 6.45) is -1.21. The average molecular weight is 582 g/mol. The number of aliphatic hydroxyl groups is 1. The molecular weight excluding hydrogens is 557 g/mol. The van der Waals surface area contributed by atoms with Crippen molar-refractivity contribution in [1.82, 2.24) is 9.80 Å². The summed E-state index contributed by atoms with van der Waals surface area (Å²) in [5.74, 6) is -1.22. The molecule has 2 saturated heterocycles. The summed E-state index contributed by atoms with van der Waals surface area (Å²) in [5, 5.41) is 22.9. The Bertz CT molecular complexity index is 971. The molecule has 176 valence electrons. The van der Waals surface area contributed by atoms with E-state index < -0.39 is 23.1 Å². The van der Waals surface area contributed by atoms with E-state index in [9.17, 15) is 28.2 Å². The molecule has 32 heavy (non-hydrogen) atoms. The van der Waals surface area contributed by atoms with E-state index in [4.69, 9.17) is 0 Å². The molecule has 5 nitrogen and oxygen atoms in total. The van der Waals surface area contributed by atoms with Crippen LogP contribution in [-0.2, 0) is 16.6 Å². The number of carbonyl (C=O) groups is 1. The van der Waals surface area contributed by atoms with E-state index in [1.807, 2.05) is 6.07 Å². The van der Waals surface area contributed by atoms with Gasteiger partial charge in [-0.1, -0.05) is 0 Å². The molecule has 1 amide bonds. The fraction of sp³-hybridized carbons (Fsp3) is 0.682. The first-order chi connectivity index (χ1) is 15.0. The van der Waals surface area contributed by atoms with Crippen molar-refractivity contribution in [1.29, 1.82) is 0 Å². The highest BCUT2D eigenvalue weighted by Crippen LogP contribution is 2.59. The molecule has 2 N–H and O–H groups in total. The molecule has 1 saturated carbocycles. The van der Waals surface area contributed by atoms with Crippen LogP contribution in [0.3, 0.4) is 0 Å². The van der Waals surface area contributed by atoms with Crippen molar-refractivity contribution < 1.29 is 28.2 Å². The van der Waals surface area contributed by atoms with Crippen molar-refractivity contribution >= 4 is 37.8 Å². The smallest absolute Gasteiger partial charge is 0.471 e. The van der Waals surface area contributed by atoms with Gasteiger partial charge in [0.05, 0.1) is 14.5 Å². The number of rotatable bonds is 2. The fourth-order valence-corrected chi connectivity index (χ4v) is 7.95. The van der Waals surface area contributed by atoms with Crippen LogP contribution in [0.2, 0.25) is 0 Å². The minimum Gasteiger partial charge on any atom is -0.506 e. The lowest BCUT2D eigenvalue weighted by molar-refractivity contribution is -0.185. The van der Waals surface area contributed by atoms with Gasteiger partial charge in [0.25, 0.3) is 0 Å². The maximum atomic E-state index is 13.2. The minimum atomic E-state index is -4.94. The first-order valence-corrected chi connectivity index (χ1v) is 12.6. The standard InChI is InChI=1S/C22H25Br2F3N2O3/c23-14-9-13-10-15-21(32)5-8-28(19(31)22(25,26)27)6-3-20(21,16(13)17(24)18(14)30)4-7-29(15)11-12-1-2-12/h9,12,15,30,32H,1-8,10-11H2/t15-,20+,21-/m1/s1. The molecular formula is C22H25Br2F3N2O3. The molecule has 2 aliphatic heterocycles. The van der Waals surface area contributed by atoms with Crippen LogP contribution < -0.4 is 0 Å². The van der Waals surface area contributed by atoms with Crippen LogP contribution in [0.15, 0.2) is 15.0 Å². The summed E-state index contributed by atoms with van der Waals surface area (Å²) in [6, 6.07) is 1.63. The summed E-state index contributed by atoms with van der Waals surface area (Å²) in [4.78, 5) is 15.2. The number of fused-ring (bicyclic) bond motifs is 1. The summed E-state index contributed by atoms with van der Waals surface area (Å²) in [6.45, 7) is 1.39. The number of piperidine rings is 1. The zero-order chi connectivity index (χ0) is 23.1. The van der Waals surface area contributed by atoms with Gasteiger partial charge < -0.3 is 15.1 Å². The lowest BCUT2D eigenvalue weighted by Crippen LogP contribution is -2.71. The molecule has 10 heteroatoms. The van der Waals surface area contributed by atoms with Gasteiger partial charge in [-0.25, -0.2) is 0 Å². The number of phenols is 1. The normalized spacial score (nSPS) is 32.8. The van der Waals surface area contributed by atoms with Crippen molar-refractivity contribution in [2.45, 2.75) is 61.8 Å². The number of nitrogens with zero attached hydrogens (tertiary/aromatic N) is 2. The molecule has 3 fully saturated rings. The topological polar surface area (TPSA) is 64.0 Å². The van der Waals surface area contributed by atoms with E-state index in [-0.39, 0.29) is 37.7 Å². The summed E-state index contributed by atoms with van der Waals surface area (Å²) in [5.41, 5.74) is -0.379. The van der Waals surface area contributed by atoms with E-state index in [1.54, 1.807) is 0 Å². The quantitative estimate of drug-likeness (QED) is 0.552. The van der Waals surface area contributed by atoms with Crippen LogP contribution in [0.5, 0.6) is 5.75 Å². The molecule has 4 aliphatic rings. The van der Waals surface area contributed by atoms with Gasteiger partial charge in [0.1, 0.15) is 5.75 Å². The van der Waals surface area contributed by atoms with E-state index >= 15 is 0 Å². The summed E-state index contributed by atoms with van der Waals surface area (Å²) < 4.78 is 40.6. The Labute approximate surface area is 201 Å². The second-order valence-electron chi connectivity index (χ2n) is 9.76. The number of hydrogen-bond donors (Lipinski definition) is 2. The number of carbonyl (C=O) groups excluding carboxylic acids is 1. The molecule has 5 rings (SSSR count). The molecule has 1 aromatic rings. The highest BCUT2D eigenvalue weighted by molar-refractivity contribution is 9.11. The Morgan fingerprint density at radius 1 is 1.16 bits per heavy atom. The summed E-state index contributed by atoms with van der Waals surface area (Å²) >= 11 is 6.93. The Morgan fingerprint density at radius 3 is 2.47 bits per heavy atom. The predicted molar refractivity (Wildman–Crippen MR) is 118 cm³/mol. The third kappa shape index (κ3) is 3.34. The Hall–Kier alpha value is -0.840. The van der Waals surface area contributed by atoms with Gasteiger partial charge in [0.2, 0.25) is 0 Å². The van der Waals surface area contributed by atoms with Crippen molar-refractivity contribution in [2.24, 2.45) is 5.92 Å². The maximum absolute atomic E-state index is 13.2. The molecule has 3 atom stereocenters. The van der Waals surface area contributed by atoms with Gasteiger partial charge in [0.15, 0.2) is 0 Å². The Balaban J connectivity index is 1.63. The Morgan fingerprint density at radius 2 is 1.81 bits per heavy atom. The van der Waals surface area contributed by atoms with Crippen molar-refractivity contribution in [3.8, 4) is 5.75 Å². The molecule has 1 aromatic carbocycles. The SMILES string of the molecule is O=C(N1CC[C@]23CCN(CC4CC4)[C@H](Cc4cc(Br)c(O)c(Br)c42)[C@]3(O)CC1)C(F)(F)F. The number of halogens is 5. The van der Waals surface area contributed by atoms with Crippen LogP contribution in [0.25, 0.3) is 0 Å². The van der Waals surface area contributed by atoms with Crippen LogP contribution >= 0.6 is 31.9 Å². The van der Waals surface area contributed by atoms with Crippen LogP contribution in [0.4, 0.5) is 13.2 Å². The van der Waals surface area contributed by atoms with E-state index in [0.29, 0.717) is 27.7 Å². The third-order valence-corrected chi connectivity index (χ3v) is 9.48. The molecule has 0 spiro atoms. The van der Waals surface area contributed by atoms with Gasteiger partial charge in [-0.3, -0.25) is 9.69 Å². The number of benzene rings is 1. The van der Waals surface area contributed by atoms with Crippen molar-refractivity contribution in [3.05, 3.63) is 26.1 Å². The van der Waals surface area contributed by atoms with E-state index in [1.165, 1.54) is 12.8 Å². The fourth-order valence-electron chi connectivity index (χ4n) is 6.36. The highest BCUT2D eigenvalue weighted by atomic mass is 79.9. The van der Waals surface area contributed by atoms with Gasteiger partial charge in [-0.15, -0.1) is 0 Å². The first kappa shape index (κ1) is 22.9. The van der Waals surface area contributed by atoms with Gasteiger partial charge in [-0.05, 0) is 100 Å². The molecule has 0 aromatic heterocycles. The highest BCUT2D eigenvalue weighted by Gasteiger charge is 2.64. The zero-order valence-corrected chi connectivity index (χ0v) is 20.6. The minimum absolute atomic E-state index is 0.0202. The second-order valence-corrected chi connectivity index (χ2v) is 11.4. The number of amides is 1. The molecule has 0 radical (unpaired) electrons. The average Bonchev–Trinajstić information content (AvgIpc) is 3.54. The van der Waals surface area contributed by atoms with Gasteiger partial charge in [-0.2, -0.15) is 13.2 Å². The predicted octanol–water partition coefficient (Wildman–Crippen LogP) is 4.11. The monoisotopic (exact) mass is 580 g/mol. The van der Waals surface area contributed by atoms with Crippen LogP contribution in [0.1, 0.15) is 43.2 Å². The number of aromatic hydroxyl groups is 1. The second kappa shape index (κ2) is 7.58. The Kier molecular flexibility index (Phi) is 5.43. The number of alkyl halides is 3. The lowest BCUT2D eigenvalue weighted by Gasteiger charge is -2.61. The van der Waals surface area contributed by atoms with Crippen LogP contribution in [0, 0.1) is 5.92 Å². The van der Waals surface area contributed by atoms with E-state index in [2.05, 4.69) is 36.8 Å². The van der Waals surface area contributed by atoms with Gasteiger partial charge >= 0.3 is 12.1 Å². The number of likely N-dealkylation sites (tertiary alicyclic amines) is 2. The number of hydrogen-bond acceptors (Lipinski definition) is 4. The van der Waals surface area contributed by atoms with E-state index in [0.717, 1.165) is 29.1 Å². The lowest BCUT2D eigenvalue weighted by atomic mass is 9.52. The molecule has 2 heterocycles. The van der Waals surface area contributed by atoms with Crippen molar-refractivity contribution in [2.75, 3.05) is 26.2 Å².